The lowest BCUT2D eigenvalue weighted by Gasteiger charge is -2.06. The molecule has 0 N–H and O–H groups in total. The molecule has 0 aliphatic rings. The molecule has 0 bridgehead atoms. The van der Waals surface area contributed by atoms with Gasteiger partial charge in [-0.15, -0.1) is 0 Å². The Kier molecular flexibility index (Phi) is 5.18. The molecule has 0 unspecified atom stereocenters. The molecule has 2 aromatic carbocycles. The summed E-state index contributed by atoms with van der Waals surface area (Å²) in [4.78, 5) is 12.4. The van der Waals surface area contributed by atoms with Crippen LogP contribution in [0.3, 0.4) is 0 Å². The first-order valence-corrected chi connectivity index (χ1v) is 10.0. The van der Waals surface area contributed by atoms with Crippen molar-refractivity contribution in [3.8, 4) is 5.69 Å². The molecule has 26 heavy (non-hydrogen) atoms. The third kappa shape index (κ3) is 3.67. The van der Waals surface area contributed by atoms with Crippen LogP contribution in [0.4, 0.5) is 0 Å². The number of rotatable bonds is 5. The molecule has 0 saturated carbocycles. The highest BCUT2D eigenvalue weighted by Gasteiger charge is 2.24. The van der Waals surface area contributed by atoms with Crippen molar-refractivity contribution in [3.63, 3.8) is 0 Å². The maximum absolute atomic E-state index is 12.5. The summed E-state index contributed by atoms with van der Waals surface area (Å²) in [5, 5.41) is 4.78. The number of sulfone groups is 1. The molecule has 0 aliphatic carbocycles. The van der Waals surface area contributed by atoms with Crippen molar-refractivity contribution in [2.24, 2.45) is 0 Å². The second-order valence-corrected chi connectivity index (χ2v) is 8.42. The van der Waals surface area contributed by atoms with Gasteiger partial charge in [-0.25, -0.2) is 13.1 Å². The second-order valence-electron chi connectivity index (χ2n) is 5.65. The van der Waals surface area contributed by atoms with Gasteiger partial charge in [-0.2, -0.15) is 5.10 Å². The average molecular weight is 409 g/mol. The topological polar surface area (TPSA) is 69.0 Å². The Morgan fingerprint density at radius 3 is 2.31 bits per heavy atom. The summed E-state index contributed by atoms with van der Waals surface area (Å²) < 4.78 is 26.5. The highest BCUT2D eigenvalue weighted by molar-refractivity contribution is 7.92. The minimum atomic E-state index is -3.87. The molecular weight excluding hydrogens is 395 g/mol. The van der Waals surface area contributed by atoms with Crippen molar-refractivity contribution in [3.05, 3.63) is 76.0 Å². The molecular formula is C18H14Cl2N2O3S. The van der Waals surface area contributed by atoms with E-state index in [1.165, 1.54) is 22.9 Å². The summed E-state index contributed by atoms with van der Waals surface area (Å²) in [5.41, 5.74) is 1.33. The van der Waals surface area contributed by atoms with Crippen molar-refractivity contribution in [2.75, 3.05) is 5.75 Å². The molecule has 0 amide bonds. The Labute approximate surface area is 161 Å². The van der Waals surface area contributed by atoms with Gasteiger partial charge in [-0.3, -0.25) is 4.79 Å². The van der Waals surface area contributed by atoms with Gasteiger partial charge in [0.1, 0.15) is 11.4 Å². The molecule has 5 nitrogen and oxygen atoms in total. The highest BCUT2D eigenvalue weighted by Crippen LogP contribution is 2.24. The summed E-state index contributed by atoms with van der Waals surface area (Å²) in [6.07, 6.45) is 0. The number of halogens is 2. The second kappa shape index (κ2) is 7.23. The smallest absolute Gasteiger partial charge is 0.198 e. The largest absolute Gasteiger partial charge is 0.291 e. The average Bonchev–Trinajstić information content (AvgIpc) is 2.97. The van der Waals surface area contributed by atoms with E-state index in [4.69, 9.17) is 23.2 Å². The van der Waals surface area contributed by atoms with Crippen molar-refractivity contribution >= 4 is 38.8 Å². The van der Waals surface area contributed by atoms with Crippen LogP contribution in [0.15, 0.2) is 59.5 Å². The zero-order chi connectivity index (χ0) is 18.9. The van der Waals surface area contributed by atoms with Crippen molar-refractivity contribution in [2.45, 2.75) is 11.8 Å². The number of nitrogens with zero attached hydrogens (tertiary/aromatic N) is 2. The van der Waals surface area contributed by atoms with E-state index in [1.54, 1.807) is 43.3 Å². The quantitative estimate of drug-likeness (QED) is 0.594. The molecule has 0 saturated heterocycles. The highest BCUT2D eigenvalue weighted by atomic mass is 35.5. The zero-order valence-corrected chi connectivity index (χ0v) is 16.0. The van der Waals surface area contributed by atoms with Crippen LogP contribution in [0.25, 0.3) is 5.69 Å². The van der Waals surface area contributed by atoms with Gasteiger partial charge in [0, 0.05) is 5.69 Å². The van der Waals surface area contributed by atoms with E-state index in [0.717, 1.165) is 0 Å². The fourth-order valence-corrected chi connectivity index (χ4v) is 4.50. The van der Waals surface area contributed by atoms with Crippen LogP contribution in [0.2, 0.25) is 10.0 Å². The molecule has 3 rings (SSSR count). The molecule has 134 valence electrons. The van der Waals surface area contributed by atoms with E-state index in [9.17, 15) is 13.2 Å². The Hall–Kier alpha value is -2.15. The molecule has 1 heterocycles. The predicted octanol–water partition coefficient (Wildman–Crippen LogP) is 4.14. The van der Waals surface area contributed by atoms with Gasteiger partial charge in [0.25, 0.3) is 0 Å². The molecule has 0 spiro atoms. The number of hydrogen-bond acceptors (Lipinski definition) is 4. The van der Waals surface area contributed by atoms with Gasteiger partial charge in [0.15, 0.2) is 15.6 Å². The van der Waals surface area contributed by atoms with E-state index in [2.05, 4.69) is 5.10 Å². The van der Waals surface area contributed by atoms with E-state index >= 15 is 0 Å². The minimum absolute atomic E-state index is 0.0537. The van der Waals surface area contributed by atoms with Gasteiger partial charge in [-0.05, 0) is 37.3 Å². The van der Waals surface area contributed by atoms with Crippen LogP contribution >= 0.6 is 23.2 Å². The summed E-state index contributed by atoms with van der Waals surface area (Å²) in [6.45, 7) is 1.76. The monoisotopic (exact) mass is 408 g/mol. The summed E-state index contributed by atoms with van der Waals surface area (Å²) in [7, 11) is -3.87. The van der Waals surface area contributed by atoms with Crippen LogP contribution in [0, 0.1) is 6.92 Å². The van der Waals surface area contributed by atoms with E-state index in [1.807, 2.05) is 0 Å². The SMILES string of the molecule is Cc1cc(C(=O)CS(=O)(=O)c2ccccc2Cl)nn1-c1ccccc1Cl. The van der Waals surface area contributed by atoms with Gasteiger partial charge in [0.05, 0.1) is 20.6 Å². The lowest BCUT2D eigenvalue weighted by molar-refractivity contribution is 0.101. The maximum atomic E-state index is 12.5. The molecule has 0 atom stereocenters. The molecule has 8 heteroatoms. The first-order valence-electron chi connectivity index (χ1n) is 7.61. The zero-order valence-electron chi connectivity index (χ0n) is 13.7. The third-order valence-electron chi connectivity index (χ3n) is 3.75. The van der Waals surface area contributed by atoms with Crippen LogP contribution in [-0.2, 0) is 9.84 Å². The summed E-state index contributed by atoms with van der Waals surface area (Å²) in [5.74, 6) is -1.32. The number of carbonyl (C=O) groups excluding carboxylic acids is 1. The van der Waals surface area contributed by atoms with E-state index in [0.29, 0.717) is 16.4 Å². The number of carbonyl (C=O) groups is 1. The molecule has 1 aromatic heterocycles. The van der Waals surface area contributed by atoms with Crippen LogP contribution < -0.4 is 0 Å². The Morgan fingerprint density at radius 2 is 1.65 bits per heavy atom. The first kappa shape index (κ1) is 18.6. The molecule has 0 radical (unpaired) electrons. The van der Waals surface area contributed by atoms with Gasteiger partial charge >= 0.3 is 0 Å². The fourth-order valence-electron chi connectivity index (χ4n) is 2.50. The third-order valence-corrected chi connectivity index (χ3v) is 6.18. The molecule has 0 aliphatic heterocycles. The van der Waals surface area contributed by atoms with Crippen molar-refractivity contribution in [1.29, 1.82) is 0 Å². The number of aryl methyl sites for hydroxylation is 1. The summed E-state index contributed by atoms with van der Waals surface area (Å²) in [6, 6.07) is 14.6. The summed E-state index contributed by atoms with van der Waals surface area (Å²) >= 11 is 12.1. The first-order chi connectivity index (χ1) is 12.3. The normalized spacial score (nSPS) is 11.5. The predicted molar refractivity (Wildman–Crippen MR) is 101 cm³/mol. The fraction of sp³-hybridized carbons (Fsp3) is 0.111. The lowest BCUT2D eigenvalue weighted by atomic mass is 10.3. The molecule has 3 aromatic rings. The number of aromatic nitrogens is 2. The lowest BCUT2D eigenvalue weighted by Crippen LogP contribution is -2.17. The number of para-hydroxylation sites is 1. The van der Waals surface area contributed by atoms with Gasteiger partial charge in [0.2, 0.25) is 0 Å². The van der Waals surface area contributed by atoms with Crippen molar-refractivity contribution in [1.82, 2.24) is 9.78 Å². The standard InChI is InChI=1S/C18H14Cl2N2O3S/c1-12-10-15(21-22(12)16-8-4-2-6-13(16)19)17(23)11-26(24,25)18-9-5-3-7-14(18)20/h2-10H,11H2,1H3. The van der Waals surface area contributed by atoms with Crippen LogP contribution in [0.1, 0.15) is 16.2 Å². The Morgan fingerprint density at radius 1 is 1.04 bits per heavy atom. The van der Waals surface area contributed by atoms with Crippen molar-refractivity contribution < 1.29 is 13.2 Å². The molecule has 0 fully saturated rings. The van der Waals surface area contributed by atoms with E-state index < -0.39 is 21.4 Å². The van der Waals surface area contributed by atoms with E-state index in [-0.39, 0.29) is 15.6 Å². The Balaban J connectivity index is 1.91. The van der Waals surface area contributed by atoms with Gasteiger partial charge < -0.3 is 0 Å². The number of benzene rings is 2. The van der Waals surface area contributed by atoms with Crippen LogP contribution in [-0.4, -0.2) is 29.7 Å². The number of Topliss-reactive ketones (excluding diaryl/α,β-unsaturated/α-hetero) is 1. The number of ketones is 1. The minimum Gasteiger partial charge on any atom is -0.291 e. The maximum Gasteiger partial charge on any atom is 0.198 e. The Bertz CT molecular complexity index is 1090. The van der Waals surface area contributed by atoms with Gasteiger partial charge in [-0.1, -0.05) is 47.5 Å². The number of hydrogen-bond donors (Lipinski definition) is 0. The van der Waals surface area contributed by atoms with Crippen LogP contribution in [0.5, 0.6) is 0 Å².